The van der Waals surface area contributed by atoms with Crippen molar-refractivity contribution in [2.45, 2.75) is 19.6 Å². The van der Waals surface area contributed by atoms with Gasteiger partial charge in [0.15, 0.2) is 5.82 Å². The first kappa shape index (κ1) is 20.5. The van der Waals surface area contributed by atoms with Crippen LogP contribution in [-0.4, -0.2) is 32.6 Å². The highest BCUT2D eigenvalue weighted by Gasteiger charge is 2.20. The smallest absolute Gasteiger partial charge is 0.238 e. The Morgan fingerprint density at radius 2 is 2.06 bits per heavy atom. The highest BCUT2D eigenvalue weighted by molar-refractivity contribution is 5.92. The van der Waals surface area contributed by atoms with Crippen molar-refractivity contribution in [3.63, 3.8) is 0 Å². The van der Waals surface area contributed by atoms with Gasteiger partial charge in [0.05, 0.1) is 19.7 Å². The van der Waals surface area contributed by atoms with Gasteiger partial charge in [0, 0.05) is 29.7 Å². The van der Waals surface area contributed by atoms with Gasteiger partial charge in [0.1, 0.15) is 11.6 Å². The van der Waals surface area contributed by atoms with Gasteiger partial charge in [-0.15, -0.1) is 9.90 Å². The lowest BCUT2D eigenvalue weighted by Gasteiger charge is -2.10. The number of benzene rings is 2. The monoisotopic (exact) mass is 425 g/mol. The fourth-order valence-corrected chi connectivity index (χ4v) is 3.52. The van der Waals surface area contributed by atoms with Crippen LogP contribution in [-0.2, 0) is 18.3 Å². The number of aromatic nitrogens is 4. The first-order chi connectivity index (χ1) is 14.9. The average Bonchev–Trinajstić information content (AvgIpc) is 3.32. The van der Waals surface area contributed by atoms with E-state index in [2.05, 4.69) is 15.5 Å². The molecule has 0 spiro atoms. The molecule has 7 nitrogen and oxygen atoms in total. The zero-order chi connectivity index (χ0) is 22.1. The van der Waals surface area contributed by atoms with E-state index in [4.69, 9.17) is 4.74 Å². The van der Waals surface area contributed by atoms with Crippen molar-refractivity contribution in [3.8, 4) is 5.75 Å². The number of aryl methyl sites for hydroxylation is 2. The van der Waals surface area contributed by atoms with Crippen LogP contribution in [0.4, 0.5) is 14.6 Å². The summed E-state index contributed by atoms with van der Waals surface area (Å²) in [5, 5.41) is 11.4. The number of rotatable bonds is 6. The summed E-state index contributed by atoms with van der Waals surface area (Å²) in [6, 6.07) is 9.58. The number of methoxy groups -OCH3 is 1. The molecule has 31 heavy (non-hydrogen) atoms. The summed E-state index contributed by atoms with van der Waals surface area (Å²) in [7, 11) is 3.38. The molecule has 1 unspecified atom stereocenters. The van der Waals surface area contributed by atoms with E-state index in [-0.39, 0.29) is 23.7 Å². The summed E-state index contributed by atoms with van der Waals surface area (Å²) in [6.07, 6.45) is 1.41. The molecule has 0 aliphatic rings. The van der Waals surface area contributed by atoms with Crippen molar-refractivity contribution in [1.29, 1.82) is 0 Å². The minimum atomic E-state index is -1.97. The SMILES string of the molecule is COc1ccc(F)c(C(F)n2ncc(NC(=O)Cc3ccc4c(c3)c(C)cn4C)n2)c1. The fraction of sp³-hybridized carbons (Fsp3) is 0.227. The Bertz CT molecular complexity index is 1260. The van der Waals surface area contributed by atoms with Gasteiger partial charge >= 0.3 is 0 Å². The summed E-state index contributed by atoms with van der Waals surface area (Å²) >= 11 is 0. The number of alkyl halides is 1. The Morgan fingerprint density at radius 3 is 2.84 bits per heavy atom. The number of hydrogen-bond acceptors (Lipinski definition) is 4. The van der Waals surface area contributed by atoms with Gasteiger partial charge in [0.2, 0.25) is 12.2 Å². The zero-order valence-electron chi connectivity index (χ0n) is 17.3. The number of carbonyl (C=O) groups is 1. The number of carbonyl (C=O) groups excluding carboxylic acids is 1. The van der Waals surface area contributed by atoms with Crippen molar-refractivity contribution in [2.75, 3.05) is 12.4 Å². The number of fused-ring (bicyclic) bond motifs is 1. The first-order valence-corrected chi connectivity index (χ1v) is 9.59. The predicted molar refractivity (Wildman–Crippen MR) is 112 cm³/mol. The molecule has 2 aromatic carbocycles. The molecular weight excluding hydrogens is 404 g/mol. The summed E-state index contributed by atoms with van der Waals surface area (Å²) in [4.78, 5) is 13.1. The molecule has 9 heteroatoms. The van der Waals surface area contributed by atoms with E-state index in [0.717, 1.165) is 28.1 Å². The molecule has 1 atom stereocenters. The van der Waals surface area contributed by atoms with Gasteiger partial charge in [-0.25, -0.2) is 8.78 Å². The number of ether oxygens (including phenoxy) is 1. The fourth-order valence-electron chi connectivity index (χ4n) is 3.52. The summed E-state index contributed by atoms with van der Waals surface area (Å²) in [5.41, 5.74) is 2.79. The van der Waals surface area contributed by atoms with Crippen LogP contribution in [0.2, 0.25) is 0 Å². The van der Waals surface area contributed by atoms with Crippen LogP contribution in [0.3, 0.4) is 0 Å². The molecular formula is C22H21F2N5O2. The van der Waals surface area contributed by atoms with E-state index < -0.39 is 12.1 Å². The van der Waals surface area contributed by atoms with Crippen LogP contribution in [0.25, 0.3) is 10.9 Å². The normalized spacial score (nSPS) is 12.2. The van der Waals surface area contributed by atoms with E-state index in [1.807, 2.05) is 42.9 Å². The zero-order valence-corrected chi connectivity index (χ0v) is 17.3. The van der Waals surface area contributed by atoms with Gasteiger partial charge in [-0.3, -0.25) is 4.79 Å². The second-order valence-corrected chi connectivity index (χ2v) is 7.27. The molecule has 1 N–H and O–H groups in total. The molecule has 0 saturated heterocycles. The maximum atomic E-state index is 14.8. The van der Waals surface area contributed by atoms with Crippen LogP contribution >= 0.6 is 0 Å². The van der Waals surface area contributed by atoms with Crippen LogP contribution in [0.15, 0.2) is 48.8 Å². The third kappa shape index (κ3) is 4.11. The van der Waals surface area contributed by atoms with Crippen molar-refractivity contribution < 1.29 is 18.3 Å². The van der Waals surface area contributed by atoms with Crippen LogP contribution < -0.4 is 10.1 Å². The molecule has 2 aromatic heterocycles. The topological polar surface area (TPSA) is 74.0 Å². The van der Waals surface area contributed by atoms with E-state index in [1.165, 1.54) is 25.4 Å². The lowest BCUT2D eigenvalue weighted by Crippen LogP contribution is -2.16. The maximum absolute atomic E-state index is 14.8. The van der Waals surface area contributed by atoms with Gasteiger partial charge in [-0.2, -0.15) is 5.10 Å². The Hall–Kier alpha value is -3.75. The highest BCUT2D eigenvalue weighted by Crippen LogP contribution is 2.26. The standard InChI is InChI=1S/C22H21F2N5O2/c1-13-12-28(2)19-7-4-14(8-16(13)19)9-21(30)26-20-11-25-29(27-20)22(24)17-10-15(31-3)5-6-18(17)23/h4-8,10-12,22H,9H2,1-3H3,(H,26,27,30). The number of halogens is 2. The Kier molecular flexibility index (Phi) is 5.41. The molecule has 160 valence electrons. The lowest BCUT2D eigenvalue weighted by molar-refractivity contribution is -0.115. The van der Waals surface area contributed by atoms with Crippen molar-refractivity contribution in [3.05, 3.63) is 71.3 Å². The van der Waals surface area contributed by atoms with E-state index in [1.54, 1.807) is 0 Å². The van der Waals surface area contributed by atoms with Crippen molar-refractivity contribution >= 4 is 22.6 Å². The Balaban J connectivity index is 1.46. The first-order valence-electron chi connectivity index (χ1n) is 9.59. The molecule has 0 radical (unpaired) electrons. The summed E-state index contributed by atoms with van der Waals surface area (Å²) in [5.74, 6) is -0.677. The second-order valence-electron chi connectivity index (χ2n) is 7.27. The largest absolute Gasteiger partial charge is 0.497 e. The Labute approximate surface area is 177 Å². The number of anilines is 1. The van der Waals surface area contributed by atoms with Crippen LogP contribution in [0.5, 0.6) is 5.75 Å². The van der Waals surface area contributed by atoms with E-state index in [0.29, 0.717) is 10.5 Å². The van der Waals surface area contributed by atoms with Crippen LogP contribution in [0, 0.1) is 12.7 Å². The van der Waals surface area contributed by atoms with Crippen LogP contribution in [0.1, 0.15) is 23.0 Å². The van der Waals surface area contributed by atoms with Gasteiger partial charge < -0.3 is 14.6 Å². The molecule has 0 aliphatic heterocycles. The molecule has 0 aliphatic carbocycles. The van der Waals surface area contributed by atoms with Gasteiger partial charge in [-0.1, -0.05) is 6.07 Å². The quantitative estimate of drug-likeness (QED) is 0.508. The average molecular weight is 425 g/mol. The molecule has 1 amide bonds. The van der Waals surface area contributed by atoms with Gasteiger partial charge in [-0.05, 0) is 48.4 Å². The Morgan fingerprint density at radius 1 is 1.26 bits per heavy atom. The van der Waals surface area contributed by atoms with Gasteiger partial charge in [0.25, 0.3) is 0 Å². The number of amides is 1. The molecule has 4 aromatic rings. The third-order valence-electron chi connectivity index (χ3n) is 5.06. The number of hydrogen-bond donors (Lipinski definition) is 1. The molecule has 2 heterocycles. The second kappa shape index (κ2) is 8.17. The maximum Gasteiger partial charge on any atom is 0.238 e. The number of nitrogens with one attached hydrogen (secondary N) is 1. The minimum absolute atomic E-state index is 0.0768. The molecule has 0 fully saturated rings. The van der Waals surface area contributed by atoms with E-state index in [9.17, 15) is 13.6 Å². The molecule has 0 saturated carbocycles. The summed E-state index contributed by atoms with van der Waals surface area (Å²) < 4.78 is 35.8. The minimum Gasteiger partial charge on any atom is -0.497 e. The highest BCUT2D eigenvalue weighted by atomic mass is 19.1. The van der Waals surface area contributed by atoms with Crippen molar-refractivity contribution in [1.82, 2.24) is 19.6 Å². The number of nitrogens with zero attached hydrogens (tertiary/aromatic N) is 4. The third-order valence-corrected chi connectivity index (χ3v) is 5.06. The van der Waals surface area contributed by atoms with Crippen molar-refractivity contribution in [2.24, 2.45) is 7.05 Å². The lowest BCUT2D eigenvalue weighted by atomic mass is 10.1. The summed E-state index contributed by atoms with van der Waals surface area (Å²) in [6.45, 7) is 2.02. The molecule has 0 bridgehead atoms. The van der Waals surface area contributed by atoms with E-state index >= 15 is 0 Å². The molecule has 4 rings (SSSR count). The predicted octanol–water partition coefficient (Wildman–Crippen LogP) is 3.92.